The predicted molar refractivity (Wildman–Crippen MR) is 118 cm³/mol. The van der Waals surface area contributed by atoms with Crippen molar-refractivity contribution in [2.24, 2.45) is 4.99 Å². The zero-order valence-corrected chi connectivity index (χ0v) is 17.9. The Kier molecular flexibility index (Phi) is 7.43. The van der Waals surface area contributed by atoms with Crippen LogP contribution in [0.5, 0.6) is 5.75 Å². The molecule has 1 saturated heterocycles. The third kappa shape index (κ3) is 5.53. The van der Waals surface area contributed by atoms with E-state index >= 15 is 0 Å². The Morgan fingerprint density at radius 1 is 1.29 bits per heavy atom. The standard InChI is InChI=1S/C22H37N5O/c1-5-23-22(24-13-15-27(17(2)3)19-10-11-19)25-18-12-14-26(16-18)20-8-6-7-9-21(20)28-4/h6-9,17-19H,5,10-16H2,1-4H3,(H2,23,24,25). The van der Waals surface area contributed by atoms with Gasteiger partial charge in [0.05, 0.1) is 19.3 Å². The normalized spacial score (nSPS) is 20.1. The fourth-order valence-electron chi connectivity index (χ4n) is 4.05. The first-order valence-electron chi connectivity index (χ1n) is 10.8. The highest BCUT2D eigenvalue weighted by Gasteiger charge is 2.30. The molecule has 0 aromatic heterocycles. The molecule has 6 nitrogen and oxygen atoms in total. The Labute approximate surface area is 170 Å². The third-order valence-electron chi connectivity index (χ3n) is 5.61. The molecule has 0 amide bonds. The van der Waals surface area contributed by atoms with E-state index in [1.165, 1.54) is 18.5 Å². The van der Waals surface area contributed by atoms with Gasteiger partial charge in [0.1, 0.15) is 5.75 Å². The van der Waals surface area contributed by atoms with Crippen LogP contribution in [0.4, 0.5) is 5.69 Å². The Balaban J connectivity index is 1.54. The van der Waals surface area contributed by atoms with Crippen LogP contribution in [0.25, 0.3) is 0 Å². The van der Waals surface area contributed by atoms with Crippen molar-refractivity contribution >= 4 is 11.6 Å². The number of nitrogens with one attached hydrogen (secondary N) is 2. The number of aliphatic imine (C=N–C) groups is 1. The average molecular weight is 388 g/mol. The van der Waals surface area contributed by atoms with Gasteiger partial charge in [-0.25, -0.2) is 0 Å². The number of methoxy groups -OCH3 is 1. The Bertz CT molecular complexity index is 642. The summed E-state index contributed by atoms with van der Waals surface area (Å²) in [6.45, 7) is 11.4. The molecule has 0 spiro atoms. The first kappa shape index (κ1) is 20.8. The lowest BCUT2D eigenvalue weighted by molar-refractivity contribution is 0.218. The zero-order valence-electron chi connectivity index (χ0n) is 17.9. The van der Waals surface area contributed by atoms with Crippen LogP contribution >= 0.6 is 0 Å². The highest BCUT2D eigenvalue weighted by Crippen LogP contribution is 2.30. The van der Waals surface area contributed by atoms with Crippen molar-refractivity contribution in [1.82, 2.24) is 15.5 Å². The maximum Gasteiger partial charge on any atom is 0.191 e. The van der Waals surface area contributed by atoms with E-state index in [1.807, 2.05) is 12.1 Å². The third-order valence-corrected chi connectivity index (χ3v) is 5.61. The van der Waals surface area contributed by atoms with Crippen molar-refractivity contribution in [3.8, 4) is 5.75 Å². The summed E-state index contributed by atoms with van der Waals surface area (Å²) in [4.78, 5) is 9.84. The summed E-state index contributed by atoms with van der Waals surface area (Å²) >= 11 is 0. The molecule has 1 atom stereocenters. The molecule has 0 radical (unpaired) electrons. The minimum atomic E-state index is 0.396. The van der Waals surface area contributed by atoms with Crippen LogP contribution < -0.4 is 20.3 Å². The lowest BCUT2D eigenvalue weighted by atomic mass is 10.2. The number of hydrogen-bond donors (Lipinski definition) is 2. The highest BCUT2D eigenvalue weighted by atomic mass is 16.5. The molecule has 28 heavy (non-hydrogen) atoms. The molecule has 1 aromatic carbocycles. The van der Waals surface area contributed by atoms with Gasteiger partial charge in [-0.3, -0.25) is 9.89 Å². The molecule has 1 unspecified atom stereocenters. The van der Waals surface area contributed by atoms with Gasteiger partial charge in [0.2, 0.25) is 0 Å². The van der Waals surface area contributed by atoms with Crippen LogP contribution in [0.15, 0.2) is 29.3 Å². The summed E-state index contributed by atoms with van der Waals surface area (Å²) < 4.78 is 5.53. The van der Waals surface area contributed by atoms with Gasteiger partial charge in [-0.2, -0.15) is 0 Å². The zero-order chi connectivity index (χ0) is 19.9. The van der Waals surface area contributed by atoms with E-state index in [0.717, 1.165) is 56.9 Å². The molecule has 2 aliphatic rings. The summed E-state index contributed by atoms with van der Waals surface area (Å²) in [7, 11) is 1.74. The van der Waals surface area contributed by atoms with E-state index in [0.29, 0.717) is 12.1 Å². The summed E-state index contributed by atoms with van der Waals surface area (Å²) in [6, 6.07) is 10.0. The number of guanidine groups is 1. The number of ether oxygens (including phenoxy) is 1. The molecule has 1 saturated carbocycles. The van der Waals surface area contributed by atoms with Crippen LogP contribution in [-0.2, 0) is 0 Å². The Hall–Kier alpha value is -1.95. The Morgan fingerprint density at radius 2 is 2.07 bits per heavy atom. The average Bonchev–Trinajstić information content (AvgIpc) is 3.42. The molecule has 0 bridgehead atoms. The summed E-state index contributed by atoms with van der Waals surface area (Å²) in [5.74, 6) is 1.88. The maximum atomic E-state index is 5.53. The number of nitrogens with zero attached hydrogens (tertiary/aromatic N) is 3. The number of anilines is 1. The van der Waals surface area contributed by atoms with Crippen LogP contribution in [-0.4, -0.2) is 68.8 Å². The minimum Gasteiger partial charge on any atom is -0.495 e. The van der Waals surface area contributed by atoms with E-state index < -0.39 is 0 Å². The smallest absolute Gasteiger partial charge is 0.191 e. The topological polar surface area (TPSA) is 52.1 Å². The molecular weight excluding hydrogens is 350 g/mol. The van der Waals surface area contributed by atoms with Crippen molar-refractivity contribution in [1.29, 1.82) is 0 Å². The second kappa shape index (κ2) is 10.0. The second-order valence-corrected chi connectivity index (χ2v) is 8.07. The van der Waals surface area contributed by atoms with Gasteiger partial charge >= 0.3 is 0 Å². The molecule has 1 heterocycles. The molecule has 1 aliphatic carbocycles. The van der Waals surface area contributed by atoms with Gasteiger partial charge < -0.3 is 20.3 Å². The second-order valence-electron chi connectivity index (χ2n) is 8.07. The molecule has 1 aromatic rings. The largest absolute Gasteiger partial charge is 0.495 e. The van der Waals surface area contributed by atoms with Crippen molar-refractivity contribution in [3.63, 3.8) is 0 Å². The Morgan fingerprint density at radius 3 is 2.75 bits per heavy atom. The fourth-order valence-corrected chi connectivity index (χ4v) is 4.05. The predicted octanol–water partition coefficient (Wildman–Crippen LogP) is 2.70. The van der Waals surface area contributed by atoms with Gasteiger partial charge in [0.25, 0.3) is 0 Å². The lowest BCUT2D eigenvalue weighted by Crippen LogP contribution is -2.45. The molecule has 1 aliphatic heterocycles. The van der Waals surface area contributed by atoms with E-state index in [1.54, 1.807) is 7.11 Å². The van der Waals surface area contributed by atoms with Gasteiger partial charge in [-0.05, 0) is 52.2 Å². The maximum absolute atomic E-state index is 5.53. The summed E-state index contributed by atoms with van der Waals surface area (Å²) in [5, 5.41) is 7.05. The number of rotatable bonds is 9. The number of benzene rings is 1. The number of hydrogen-bond acceptors (Lipinski definition) is 4. The van der Waals surface area contributed by atoms with E-state index in [4.69, 9.17) is 9.73 Å². The van der Waals surface area contributed by atoms with E-state index in [9.17, 15) is 0 Å². The SMILES string of the molecule is CCNC(=NCCN(C(C)C)C1CC1)NC1CCN(c2ccccc2OC)C1. The first-order chi connectivity index (χ1) is 13.6. The van der Waals surface area contributed by atoms with E-state index in [2.05, 4.69) is 53.3 Å². The van der Waals surface area contributed by atoms with Gasteiger partial charge in [0, 0.05) is 44.3 Å². The van der Waals surface area contributed by atoms with Crippen molar-refractivity contribution < 1.29 is 4.74 Å². The van der Waals surface area contributed by atoms with Gasteiger partial charge in [-0.15, -0.1) is 0 Å². The van der Waals surface area contributed by atoms with Gasteiger partial charge in [0.15, 0.2) is 5.96 Å². The van der Waals surface area contributed by atoms with Crippen LogP contribution in [0, 0.1) is 0 Å². The first-order valence-corrected chi connectivity index (χ1v) is 10.8. The summed E-state index contributed by atoms with van der Waals surface area (Å²) in [5.41, 5.74) is 1.17. The minimum absolute atomic E-state index is 0.396. The van der Waals surface area contributed by atoms with Crippen molar-refractivity contribution in [2.75, 3.05) is 44.7 Å². The van der Waals surface area contributed by atoms with Crippen LogP contribution in [0.3, 0.4) is 0 Å². The van der Waals surface area contributed by atoms with Gasteiger partial charge in [-0.1, -0.05) is 12.1 Å². The molecule has 156 valence electrons. The van der Waals surface area contributed by atoms with Crippen molar-refractivity contribution in [3.05, 3.63) is 24.3 Å². The monoisotopic (exact) mass is 387 g/mol. The molecular formula is C22H37N5O. The quantitative estimate of drug-likeness (QED) is 0.504. The number of para-hydroxylation sites is 2. The lowest BCUT2D eigenvalue weighted by Gasteiger charge is -2.25. The summed E-state index contributed by atoms with van der Waals surface area (Å²) in [6.07, 6.45) is 3.80. The molecule has 3 rings (SSSR count). The molecule has 2 fully saturated rings. The van der Waals surface area contributed by atoms with E-state index in [-0.39, 0.29) is 0 Å². The fraction of sp³-hybridized carbons (Fsp3) is 0.682. The van der Waals surface area contributed by atoms with Crippen molar-refractivity contribution in [2.45, 2.75) is 58.2 Å². The molecule has 2 N–H and O–H groups in total. The van der Waals surface area contributed by atoms with Crippen LogP contribution in [0.1, 0.15) is 40.0 Å². The van der Waals surface area contributed by atoms with Crippen LogP contribution in [0.2, 0.25) is 0 Å². The highest BCUT2D eigenvalue weighted by molar-refractivity contribution is 5.80. The molecule has 6 heteroatoms.